The van der Waals surface area contributed by atoms with Crippen LogP contribution in [-0.4, -0.2) is 52.2 Å². The molecule has 0 aliphatic heterocycles. The van der Waals surface area contributed by atoms with Crippen molar-refractivity contribution in [2.24, 2.45) is 5.92 Å². The van der Waals surface area contributed by atoms with Gasteiger partial charge in [0.05, 0.1) is 14.2 Å². The number of amides is 1. The highest BCUT2D eigenvalue weighted by atomic mass is 16.5. The number of carbonyl (C=O) groups is 1. The summed E-state index contributed by atoms with van der Waals surface area (Å²) in [7, 11) is 7.17. The summed E-state index contributed by atoms with van der Waals surface area (Å²) in [6, 6.07) is 5.15. The first-order chi connectivity index (χ1) is 9.46. The van der Waals surface area contributed by atoms with Crippen molar-refractivity contribution in [3.8, 4) is 11.5 Å². The van der Waals surface area contributed by atoms with E-state index in [9.17, 15) is 4.79 Å². The minimum absolute atomic E-state index is 0.118. The van der Waals surface area contributed by atoms with Crippen LogP contribution < -0.4 is 14.8 Å². The largest absolute Gasteiger partial charge is 0.497 e. The van der Waals surface area contributed by atoms with E-state index in [2.05, 4.69) is 17.1 Å². The minimum Gasteiger partial charge on any atom is -0.497 e. The Bertz CT molecular complexity index is 424. The van der Waals surface area contributed by atoms with Gasteiger partial charge in [-0.3, -0.25) is 4.79 Å². The van der Waals surface area contributed by atoms with Gasteiger partial charge in [-0.05, 0) is 32.1 Å². The molecule has 1 amide bonds. The maximum atomic E-state index is 12.1. The van der Waals surface area contributed by atoms with Crippen LogP contribution in [0.3, 0.4) is 0 Å². The van der Waals surface area contributed by atoms with Crippen molar-refractivity contribution in [3.05, 3.63) is 23.8 Å². The second-order valence-electron chi connectivity index (χ2n) is 5.18. The van der Waals surface area contributed by atoms with Crippen LogP contribution in [0.4, 0.5) is 0 Å². The van der Waals surface area contributed by atoms with Gasteiger partial charge in [-0.1, -0.05) is 6.92 Å². The van der Waals surface area contributed by atoms with Gasteiger partial charge in [0.25, 0.3) is 5.91 Å². The summed E-state index contributed by atoms with van der Waals surface area (Å²) in [5.41, 5.74) is 0.540. The summed E-state index contributed by atoms with van der Waals surface area (Å²) in [6.45, 7) is 3.67. The first-order valence-corrected chi connectivity index (χ1v) is 6.62. The highest BCUT2D eigenvalue weighted by molar-refractivity contribution is 5.95. The van der Waals surface area contributed by atoms with Crippen molar-refractivity contribution < 1.29 is 14.3 Å². The van der Waals surface area contributed by atoms with E-state index >= 15 is 0 Å². The minimum atomic E-state index is -0.118. The van der Waals surface area contributed by atoms with E-state index in [0.29, 0.717) is 29.5 Å². The van der Waals surface area contributed by atoms with Gasteiger partial charge in [0.2, 0.25) is 0 Å². The van der Waals surface area contributed by atoms with Crippen LogP contribution in [0.2, 0.25) is 0 Å². The molecule has 0 aliphatic carbocycles. The number of hydrogen-bond donors (Lipinski definition) is 1. The van der Waals surface area contributed by atoms with E-state index in [1.54, 1.807) is 32.4 Å². The van der Waals surface area contributed by atoms with Crippen LogP contribution in [0.15, 0.2) is 18.2 Å². The fraction of sp³-hybridized carbons (Fsp3) is 0.533. The molecule has 0 aliphatic rings. The van der Waals surface area contributed by atoms with Crippen LogP contribution in [-0.2, 0) is 0 Å². The lowest BCUT2D eigenvalue weighted by atomic mass is 10.1. The van der Waals surface area contributed by atoms with Gasteiger partial charge in [-0.2, -0.15) is 0 Å². The smallest absolute Gasteiger partial charge is 0.251 e. The first kappa shape index (κ1) is 16.3. The van der Waals surface area contributed by atoms with E-state index in [4.69, 9.17) is 9.47 Å². The maximum absolute atomic E-state index is 12.1. The molecule has 0 spiro atoms. The highest BCUT2D eigenvalue weighted by Gasteiger charge is 2.11. The first-order valence-electron chi connectivity index (χ1n) is 6.62. The third kappa shape index (κ3) is 5.09. The molecule has 1 rings (SSSR count). The zero-order valence-electron chi connectivity index (χ0n) is 12.9. The van der Waals surface area contributed by atoms with Crippen LogP contribution >= 0.6 is 0 Å². The zero-order valence-corrected chi connectivity index (χ0v) is 12.9. The van der Waals surface area contributed by atoms with Crippen LogP contribution in [0.5, 0.6) is 11.5 Å². The van der Waals surface area contributed by atoms with Crippen molar-refractivity contribution in [2.75, 3.05) is 41.4 Å². The monoisotopic (exact) mass is 280 g/mol. The molecule has 0 unspecified atom stereocenters. The number of nitrogens with one attached hydrogen (secondary N) is 1. The molecular weight excluding hydrogens is 256 g/mol. The normalized spacial score (nSPS) is 12.1. The number of ether oxygens (including phenoxy) is 2. The maximum Gasteiger partial charge on any atom is 0.251 e. The summed E-state index contributed by atoms with van der Waals surface area (Å²) in [6.07, 6.45) is 0. The fourth-order valence-electron chi connectivity index (χ4n) is 2.00. The van der Waals surface area contributed by atoms with E-state index in [1.807, 2.05) is 14.1 Å². The molecule has 20 heavy (non-hydrogen) atoms. The molecule has 1 aromatic rings. The molecule has 112 valence electrons. The molecular formula is C15H24N2O3. The molecule has 5 heteroatoms. The van der Waals surface area contributed by atoms with E-state index in [0.717, 1.165) is 6.54 Å². The van der Waals surface area contributed by atoms with Crippen molar-refractivity contribution in [3.63, 3.8) is 0 Å². The molecule has 1 atom stereocenters. The zero-order chi connectivity index (χ0) is 15.1. The van der Waals surface area contributed by atoms with Crippen molar-refractivity contribution >= 4 is 5.91 Å². The van der Waals surface area contributed by atoms with Crippen LogP contribution in [0.25, 0.3) is 0 Å². The molecule has 1 aromatic carbocycles. The Kier molecular flexibility index (Phi) is 6.31. The lowest BCUT2D eigenvalue weighted by molar-refractivity contribution is 0.0945. The van der Waals surface area contributed by atoms with Gasteiger partial charge in [-0.15, -0.1) is 0 Å². The Balaban J connectivity index is 2.67. The van der Waals surface area contributed by atoms with E-state index in [-0.39, 0.29) is 5.91 Å². The van der Waals surface area contributed by atoms with Crippen LogP contribution in [0.1, 0.15) is 17.3 Å². The quantitative estimate of drug-likeness (QED) is 0.825. The molecule has 0 bridgehead atoms. The predicted molar refractivity (Wildman–Crippen MR) is 79.6 cm³/mol. The fourth-order valence-corrected chi connectivity index (χ4v) is 2.00. The Morgan fingerprint density at radius 2 is 1.75 bits per heavy atom. The molecule has 0 saturated heterocycles. The molecule has 0 aromatic heterocycles. The molecule has 0 heterocycles. The van der Waals surface area contributed by atoms with Gasteiger partial charge >= 0.3 is 0 Å². The molecule has 1 N–H and O–H groups in total. The summed E-state index contributed by atoms with van der Waals surface area (Å²) in [4.78, 5) is 14.2. The lowest BCUT2D eigenvalue weighted by Crippen LogP contribution is -2.32. The molecule has 5 nitrogen and oxygen atoms in total. The second kappa shape index (κ2) is 7.75. The number of hydrogen-bond acceptors (Lipinski definition) is 4. The lowest BCUT2D eigenvalue weighted by Gasteiger charge is -2.17. The molecule has 0 fully saturated rings. The number of carbonyl (C=O) groups excluding carboxylic acids is 1. The topological polar surface area (TPSA) is 50.8 Å². The molecule has 0 radical (unpaired) electrons. The Morgan fingerprint density at radius 3 is 2.20 bits per heavy atom. The molecule has 0 saturated carbocycles. The highest BCUT2D eigenvalue weighted by Crippen LogP contribution is 2.22. The third-order valence-corrected chi connectivity index (χ3v) is 2.90. The number of nitrogens with zero attached hydrogens (tertiary/aromatic N) is 1. The van der Waals surface area contributed by atoms with E-state index < -0.39 is 0 Å². The van der Waals surface area contributed by atoms with Crippen LogP contribution in [0, 0.1) is 5.92 Å². The summed E-state index contributed by atoms with van der Waals surface area (Å²) in [5, 5.41) is 2.93. The van der Waals surface area contributed by atoms with Crippen molar-refractivity contribution in [2.45, 2.75) is 6.92 Å². The van der Waals surface area contributed by atoms with Crippen molar-refractivity contribution in [1.29, 1.82) is 0 Å². The third-order valence-electron chi connectivity index (χ3n) is 2.90. The van der Waals surface area contributed by atoms with Gasteiger partial charge in [0, 0.05) is 24.7 Å². The Labute approximate surface area is 120 Å². The Morgan fingerprint density at radius 1 is 1.20 bits per heavy atom. The standard InChI is InChI=1S/C15H24N2O3/c1-11(10-17(2)3)9-16-15(18)12-6-13(19-4)8-14(7-12)20-5/h6-8,11H,9-10H2,1-5H3,(H,16,18)/t11-/m0/s1. The van der Waals surface area contributed by atoms with Crippen molar-refractivity contribution in [1.82, 2.24) is 10.2 Å². The average molecular weight is 280 g/mol. The number of benzene rings is 1. The Hall–Kier alpha value is -1.75. The van der Waals surface area contributed by atoms with Gasteiger partial charge in [-0.25, -0.2) is 0 Å². The SMILES string of the molecule is COc1cc(OC)cc(C(=O)NC[C@H](C)CN(C)C)c1. The van der Waals surface area contributed by atoms with Gasteiger partial charge < -0.3 is 19.7 Å². The summed E-state index contributed by atoms with van der Waals surface area (Å²) < 4.78 is 10.3. The van der Waals surface area contributed by atoms with E-state index in [1.165, 1.54) is 0 Å². The summed E-state index contributed by atoms with van der Waals surface area (Å²) >= 11 is 0. The number of rotatable bonds is 7. The van der Waals surface area contributed by atoms with Gasteiger partial charge in [0.1, 0.15) is 11.5 Å². The predicted octanol–water partition coefficient (Wildman–Crippen LogP) is 1.63. The number of methoxy groups -OCH3 is 2. The second-order valence-corrected chi connectivity index (χ2v) is 5.18. The average Bonchev–Trinajstić information content (AvgIpc) is 2.43. The summed E-state index contributed by atoms with van der Waals surface area (Å²) in [5.74, 6) is 1.49. The van der Waals surface area contributed by atoms with Gasteiger partial charge in [0.15, 0.2) is 0 Å².